The van der Waals surface area contributed by atoms with E-state index in [1.54, 1.807) is 19.1 Å². The number of benzene rings is 1. The Balaban J connectivity index is 2.04. The molecule has 0 aliphatic heterocycles. The van der Waals surface area contributed by atoms with Gasteiger partial charge in [-0.15, -0.1) is 0 Å². The summed E-state index contributed by atoms with van der Waals surface area (Å²) in [6, 6.07) is 5.32. The van der Waals surface area contributed by atoms with Crippen molar-refractivity contribution in [2.24, 2.45) is 11.7 Å². The topological polar surface area (TPSA) is 124 Å². The van der Waals surface area contributed by atoms with Gasteiger partial charge >= 0.3 is 0 Å². The fourth-order valence-corrected chi connectivity index (χ4v) is 2.28. The lowest BCUT2D eigenvalue weighted by Crippen LogP contribution is -2.27. The standard InChI is InChI=1S/C17H22N4O4/c1-4-10(2)15(18)17-20-14(9-25-17)16(22)19-11(3)12-5-7-13(8-6-12)21(23)24/h5-11,15H,4,18H2,1-3H3,(H,19,22). The fourth-order valence-electron chi connectivity index (χ4n) is 2.28. The van der Waals surface area contributed by atoms with Crippen LogP contribution in [0.15, 0.2) is 34.9 Å². The molecule has 0 saturated carbocycles. The minimum atomic E-state index is -0.468. The molecule has 0 spiro atoms. The number of nitrogens with zero attached hydrogens (tertiary/aromatic N) is 2. The maximum absolute atomic E-state index is 12.3. The van der Waals surface area contributed by atoms with Crippen LogP contribution in [0.3, 0.4) is 0 Å². The number of amides is 1. The van der Waals surface area contributed by atoms with E-state index >= 15 is 0 Å². The Morgan fingerprint density at radius 2 is 2.00 bits per heavy atom. The van der Waals surface area contributed by atoms with Gasteiger partial charge in [0, 0.05) is 12.1 Å². The Morgan fingerprint density at radius 1 is 1.36 bits per heavy atom. The van der Waals surface area contributed by atoms with E-state index in [9.17, 15) is 14.9 Å². The number of aromatic nitrogens is 1. The molecule has 0 aliphatic carbocycles. The summed E-state index contributed by atoms with van der Waals surface area (Å²) in [4.78, 5) is 26.7. The maximum atomic E-state index is 12.3. The lowest BCUT2D eigenvalue weighted by atomic mass is 10.0. The number of nitrogens with one attached hydrogen (secondary N) is 1. The van der Waals surface area contributed by atoms with Gasteiger partial charge < -0.3 is 15.5 Å². The molecule has 3 unspecified atom stereocenters. The molecule has 0 fully saturated rings. The van der Waals surface area contributed by atoms with E-state index in [2.05, 4.69) is 10.3 Å². The highest BCUT2D eigenvalue weighted by molar-refractivity contribution is 5.92. The zero-order valence-electron chi connectivity index (χ0n) is 14.4. The third-order valence-electron chi connectivity index (χ3n) is 4.25. The van der Waals surface area contributed by atoms with E-state index in [1.165, 1.54) is 18.4 Å². The van der Waals surface area contributed by atoms with Gasteiger partial charge in [-0.3, -0.25) is 14.9 Å². The van der Waals surface area contributed by atoms with Gasteiger partial charge in [0.25, 0.3) is 11.6 Å². The van der Waals surface area contributed by atoms with Crippen LogP contribution < -0.4 is 11.1 Å². The summed E-state index contributed by atoms with van der Waals surface area (Å²) in [7, 11) is 0. The zero-order chi connectivity index (χ0) is 18.6. The number of hydrogen-bond acceptors (Lipinski definition) is 6. The molecule has 3 atom stereocenters. The first-order chi connectivity index (χ1) is 11.8. The van der Waals surface area contributed by atoms with Crippen molar-refractivity contribution >= 4 is 11.6 Å². The second-order valence-electron chi connectivity index (χ2n) is 6.03. The molecule has 0 aliphatic rings. The largest absolute Gasteiger partial charge is 0.446 e. The minimum absolute atomic E-state index is 0.00227. The Kier molecular flexibility index (Phi) is 5.87. The van der Waals surface area contributed by atoms with E-state index in [4.69, 9.17) is 10.2 Å². The number of non-ortho nitro benzene ring substituents is 1. The number of rotatable bonds is 7. The molecule has 134 valence electrons. The van der Waals surface area contributed by atoms with Crippen molar-refractivity contribution in [2.45, 2.75) is 39.3 Å². The van der Waals surface area contributed by atoms with E-state index in [1.807, 2.05) is 13.8 Å². The average molecular weight is 346 g/mol. The smallest absolute Gasteiger partial charge is 0.273 e. The van der Waals surface area contributed by atoms with Crippen LogP contribution in [0.25, 0.3) is 0 Å². The first-order valence-corrected chi connectivity index (χ1v) is 8.09. The van der Waals surface area contributed by atoms with Crippen molar-refractivity contribution in [1.82, 2.24) is 10.3 Å². The lowest BCUT2D eigenvalue weighted by molar-refractivity contribution is -0.384. The summed E-state index contributed by atoms with van der Waals surface area (Å²) in [5.74, 6) is 0.133. The van der Waals surface area contributed by atoms with Crippen molar-refractivity contribution in [2.75, 3.05) is 0 Å². The van der Waals surface area contributed by atoms with Gasteiger partial charge in [0.05, 0.1) is 17.0 Å². The van der Waals surface area contributed by atoms with Crippen LogP contribution in [0.5, 0.6) is 0 Å². The highest BCUT2D eigenvalue weighted by atomic mass is 16.6. The lowest BCUT2D eigenvalue weighted by Gasteiger charge is -2.14. The normalized spacial score (nSPS) is 14.6. The first kappa shape index (κ1) is 18.6. The van der Waals surface area contributed by atoms with Gasteiger partial charge in [-0.2, -0.15) is 0 Å². The Labute approximate surface area is 145 Å². The molecule has 3 N–H and O–H groups in total. The van der Waals surface area contributed by atoms with Crippen molar-refractivity contribution in [3.05, 3.63) is 57.8 Å². The molecule has 8 nitrogen and oxygen atoms in total. The van der Waals surface area contributed by atoms with Gasteiger partial charge in [0.2, 0.25) is 5.89 Å². The Hall–Kier alpha value is -2.74. The molecular formula is C17H22N4O4. The summed E-state index contributed by atoms with van der Waals surface area (Å²) >= 11 is 0. The zero-order valence-corrected chi connectivity index (χ0v) is 14.4. The van der Waals surface area contributed by atoms with E-state index in [0.717, 1.165) is 12.0 Å². The molecule has 2 aromatic rings. The predicted molar refractivity (Wildman–Crippen MR) is 91.9 cm³/mol. The van der Waals surface area contributed by atoms with Gasteiger partial charge in [-0.05, 0) is 18.4 Å². The van der Waals surface area contributed by atoms with Crippen LogP contribution in [0, 0.1) is 16.0 Å². The maximum Gasteiger partial charge on any atom is 0.273 e. The summed E-state index contributed by atoms with van der Waals surface area (Å²) in [5, 5.41) is 13.5. The van der Waals surface area contributed by atoms with E-state index in [-0.39, 0.29) is 29.4 Å². The molecule has 25 heavy (non-hydrogen) atoms. The molecule has 0 radical (unpaired) electrons. The Bertz CT molecular complexity index is 741. The highest BCUT2D eigenvalue weighted by Crippen LogP contribution is 2.22. The molecule has 8 heteroatoms. The molecule has 0 bridgehead atoms. The van der Waals surface area contributed by atoms with E-state index in [0.29, 0.717) is 5.89 Å². The van der Waals surface area contributed by atoms with Crippen LogP contribution in [-0.4, -0.2) is 15.8 Å². The van der Waals surface area contributed by atoms with Crippen molar-refractivity contribution in [3.63, 3.8) is 0 Å². The average Bonchev–Trinajstić information content (AvgIpc) is 3.10. The third-order valence-corrected chi connectivity index (χ3v) is 4.25. The number of carbonyl (C=O) groups excluding carboxylic acids is 1. The number of oxazole rings is 1. The fraction of sp³-hybridized carbons (Fsp3) is 0.412. The first-order valence-electron chi connectivity index (χ1n) is 8.09. The second-order valence-corrected chi connectivity index (χ2v) is 6.03. The van der Waals surface area contributed by atoms with Crippen LogP contribution in [0.4, 0.5) is 5.69 Å². The highest BCUT2D eigenvalue weighted by Gasteiger charge is 2.22. The van der Waals surface area contributed by atoms with Crippen molar-refractivity contribution in [1.29, 1.82) is 0 Å². The number of nitro groups is 1. The Morgan fingerprint density at radius 3 is 2.56 bits per heavy atom. The second kappa shape index (κ2) is 7.89. The van der Waals surface area contributed by atoms with Crippen LogP contribution in [0.2, 0.25) is 0 Å². The van der Waals surface area contributed by atoms with E-state index < -0.39 is 10.8 Å². The number of nitro benzene ring substituents is 1. The van der Waals surface area contributed by atoms with Gasteiger partial charge in [-0.25, -0.2) is 4.98 Å². The van der Waals surface area contributed by atoms with Crippen LogP contribution in [0.1, 0.15) is 61.2 Å². The van der Waals surface area contributed by atoms with Crippen LogP contribution in [-0.2, 0) is 0 Å². The predicted octanol–water partition coefficient (Wildman–Crippen LogP) is 3.12. The number of nitrogens with two attached hydrogens (primary N) is 1. The summed E-state index contributed by atoms with van der Waals surface area (Å²) in [6.07, 6.45) is 2.16. The summed E-state index contributed by atoms with van der Waals surface area (Å²) < 4.78 is 5.33. The molecule has 2 rings (SSSR count). The van der Waals surface area contributed by atoms with Gasteiger partial charge in [0.15, 0.2) is 5.69 Å². The summed E-state index contributed by atoms with van der Waals surface area (Å²) in [6.45, 7) is 5.79. The van der Waals surface area contributed by atoms with Crippen molar-refractivity contribution < 1.29 is 14.1 Å². The molecule has 1 heterocycles. The van der Waals surface area contributed by atoms with Crippen LogP contribution >= 0.6 is 0 Å². The number of hydrogen-bond donors (Lipinski definition) is 2. The number of carbonyl (C=O) groups is 1. The van der Waals surface area contributed by atoms with Gasteiger partial charge in [0.1, 0.15) is 6.26 Å². The third kappa shape index (κ3) is 4.42. The molecule has 0 saturated heterocycles. The monoisotopic (exact) mass is 346 g/mol. The SMILES string of the molecule is CCC(C)C(N)c1nc(C(=O)NC(C)c2ccc([N+](=O)[O-])cc2)co1. The molecule has 1 aromatic carbocycles. The minimum Gasteiger partial charge on any atom is -0.446 e. The van der Waals surface area contributed by atoms with Crippen molar-refractivity contribution in [3.8, 4) is 0 Å². The quantitative estimate of drug-likeness (QED) is 0.586. The molecule has 1 aromatic heterocycles. The van der Waals surface area contributed by atoms with Gasteiger partial charge in [-0.1, -0.05) is 32.4 Å². The molecular weight excluding hydrogens is 324 g/mol. The summed E-state index contributed by atoms with van der Waals surface area (Å²) in [5.41, 5.74) is 6.96. The molecule has 1 amide bonds.